The number of hydrogen-bond donors (Lipinski definition) is 0. The number of benzene rings is 1. The van der Waals surface area contributed by atoms with Gasteiger partial charge in [-0.15, -0.1) is 0 Å². The molecule has 2 rings (SSSR count). The summed E-state index contributed by atoms with van der Waals surface area (Å²) in [7, 11) is 0. The van der Waals surface area contributed by atoms with Gasteiger partial charge >= 0.3 is 17.9 Å². The van der Waals surface area contributed by atoms with E-state index in [-0.39, 0.29) is 19.6 Å². The highest BCUT2D eigenvalue weighted by atomic mass is 16.6. The van der Waals surface area contributed by atoms with Crippen molar-refractivity contribution in [3.05, 3.63) is 59.5 Å². The van der Waals surface area contributed by atoms with E-state index in [0.29, 0.717) is 22.4 Å². The lowest BCUT2D eigenvalue weighted by Crippen LogP contribution is -2.23. The summed E-state index contributed by atoms with van der Waals surface area (Å²) < 4.78 is 15.6. The lowest BCUT2D eigenvalue weighted by atomic mass is 10.0. The second-order valence-corrected chi connectivity index (χ2v) is 7.76. The fraction of sp³-hybridized carbons (Fsp3) is 0.375. The molecule has 0 aliphatic carbocycles. The second kappa shape index (κ2) is 10.6. The molecule has 1 aromatic carbocycles. The van der Waals surface area contributed by atoms with Crippen LogP contribution in [0.5, 0.6) is 0 Å². The zero-order chi connectivity index (χ0) is 23.0. The molecule has 0 bridgehead atoms. The average molecular weight is 427 g/mol. The molecule has 0 atom stereocenters. The number of anilines is 1. The Balaban J connectivity index is 2.41. The summed E-state index contributed by atoms with van der Waals surface area (Å²) in [6, 6.07) is 7.29. The maximum atomic E-state index is 12.4. The Morgan fingerprint density at radius 1 is 0.968 bits per heavy atom. The number of carbonyl (C=O) groups is 3. The molecule has 0 unspecified atom stereocenters. The molecule has 7 heteroatoms. The van der Waals surface area contributed by atoms with Gasteiger partial charge in [-0.3, -0.25) is 0 Å². The molecule has 0 aromatic heterocycles. The molecule has 166 valence electrons. The van der Waals surface area contributed by atoms with Crippen molar-refractivity contribution in [2.75, 3.05) is 18.1 Å². The summed E-state index contributed by atoms with van der Waals surface area (Å²) in [6.07, 6.45) is 6.35. The van der Waals surface area contributed by atoms with Gasteiger partial charge in [-0.25, -0.2) is 14.4 Å². The first-order valence-electron chi connectivity index (χ1n) is 10.2. The Morgan fingerprint density at radius 2 is 1.52 bits per heavy atom. The van der Waals surface area contributed by atoms with Gasteiger partial charge in [0.15, 0.2) is 0 Å². The van der Waals surface area contributed by atoms with E-state index in [0.717, 1.165) is 0 Å². The van der Waals surface area contributed by atoms with Gasteiger partial charge < -0.3 is 19.1 Å². The van der Waals surface area contributed by atoms with Crippen molar-refractivity contribution in [2.24, 2.45) is 0 Å². The van der Waals surface area contributed by atoms with E-state index in [2.05, 4.69) is 0 Å². The van der Waals surface area contributed by atoms with Crippen LogP contribution in [0.3, 0.4) is 0 Å². The van der Waals surface area contributed by atoms with Crippen molar-refractivity contribution in [3.8, 4) is 0 Å². The fourth-order valence-electron chi connectivity index (χ4n) is 2.86. The van der Waals surface area contributed by atoms with Crippen molar-refractivity contribution >= 4 is 29.7 Å². The minimum Gasteiger partial charge on any atom is -0.463 e. The zero-order valence-corrected chi connectivity index (χ0v) is 18.6. The molecule has 0 amide bonds. The normalized spacial score (nSPS) is 14.0. The van der Waals surface area contributed by atoms with Gasteiger partial charge in [0.05, 0.1) is 30.0 Å². The summed E-state index contributed by atoms with van der Waals surface area (Å²) in [5, 5.41) is 0. The molecule has 0 saturated carbocycles. The molecule has 1 heterocycles. The minimum atomic E-state index is -0.595. The molecule has 1 aromatic rings. The topological polar surface area (TPSA) is 82.1 Å². The number of esters is 3. The van der Waals surface area contributed by atoms with Crippen LogP contribution in [0.1, 0.15) is 46.6 Å². The Kier molecular flexibility index (Phi) is 8.19. The highest BCUT2D eigenvalue weighted by Gasteiger charge is 2.25. The summed E-state index contributed by atoms with van der Waals surface area (Å²) >= 11 is 0. The van der Waals surface area contributed by atoms with Gasteiger partial charge in [0.2, 0.25) is 0 Å². The number of hydrogen-bond acceptors (Lipinski definition) is 7. The molecular weight excluding hydrogens is 398 g/mol. The van der Waals surface area contributed by atoms with Gasteiger partial charge in [-0.1, -0.05) is 18.2 Å². The highest BCUT2D eigenvalue weighted by Crippen LogP contribution is 2.29. The van der Waals surface area contributed by atoms with Crippen LogP contribution < -0.4 is 4.90 Å². The fourth-order valence-corrected chi connectivity index (χ4v) is 2.86. The lowest BCUT2D eigenvalue weighted by molar-refractivity contribution is -0.148. The largest absolute Gasteiger partial charge is 0.463 e. The third kappa shape index (κ3) is 7.13. The van der Waals surface area contributed by atoms with Gasteiger partial charge in [-0.05, 0) is 52.3 Å². The second-order valence-electron chi connectivity index (χ2n) is 7.76. The van der Waals surface area contributed by atoms with Crippen molar-refractivity contribution in [3.63, 3.8) is 0 Å². The standard InChI is InChI=1S/C24H29NO6/c1-6-29-22(27)18-14-19(23(28)30-7-2)16-25(15-18)20-11-9-8-10-17(20)12-13-21(26)31-24(3,4)5/h8-13,15-16H,6-7,14H2,1-5H3. The van der Waals surface area contributed by atoms with Crippen LogP contribution in [-0.4, -0.2) is 36.7 Å². The Labute approximate surface area is 183 Å². The van der Waals surface area contributed by atoms with Crippen LogP contribution in [0.2, 0.25) is 0 Å². The molecule has 0 N–H and O–H groups in total. The predicted molar refractivity (Wildman–Crippen MR) is 118 cm³/mol. The number of ether oxygens (including phenoxy) is 3. The van der Waals surface area contributed by atoms with Crippen molar-refractivity contribution in [2.45, 2.75) is 46.6 Å². The summed E-state index contributed by atoms with van der Waals surface area (Å²) in [5.41, 5.74) is 1.44. The zero-order valence-electron chi connectivity index (χ0n) is 18.6. The Hall–Kier alpha value is -3.35. The summed E-state index contributed by atoms with van der Waals surface area (Å²) in [4.78, 5) is 38.5. The van der Waals surface area contributed by atoms with Crippen LogP contribution in [0, 0.1) is 0 Å². The van der Waals surface area contributed by atoms with Crippen LogP contribution in [-0.2, 0) is 28.6 Å². The third-order valence-corrected chi connectivity index (χ3v) is 4.07. The molecule has 0 spiro atoms. The van der Waals surface area contributed by atoms with Crippen LogP contribution in [0.4, 0.5) is 5.69 Å². The first-order chi connectivity index (χ1) is 14.6. The van der Waals surface area contributed by atoms with Crippen molar-refractivity contribution in [1.29, 1.82) is 0 Å². The predicted octanol–water partition coefficient (Wildman–Crippen LogP) is 4.15. The van der Waals surface area contributed by atoms with Crippen LogP contribution >= 0.6 is 0 Å². The highest BCUT2D eigenvalue weighted by molar-refractivity contribution is 5.97. The maximum absolute atomic E-state index is 12.4. The van der Waals surface area contributed by atoms with Crippen LogP contribution in [0.15, 0.2) is 53.9 Å². The van der Waals surface area contributed by atoms with Crippen LogP contribution in [0.25, 0.3) is 6.08 Å². The molecule has 1 aliphatic heterocycles. The minimum absolute atomic E-state index is 0.115. The van der Waals surface area contributed by atoms with Gasteiger partial charge in [0.25, 0.3) is 0 Å². The Bertz CT molecular complexity index is 886. The van der Waals surface area contributed by atoms with Gasteiger partial charge in [-0.2, -0.15) is 0 Å². The van der Waals surface area contributed by atoms with Gasteiger partial charge in [0, 0.05) is 24.9 Å². The van der Waals surface area contributed by atoms with E-state index in [1.165, 1.54) is 6.08 Å². The first kappa shape index (κ1) is 23.9. The third-order valence-electron chi connectivity index (χ3n) is 4.07. The van der Waals surface area contributed by atoms with E-state index < -0.39 is 23.5 Å². The number of carbonyl (C=O) groups excluding carboxylic acids is 3. The smallest absolute Gasteiger partial charge is 0.335 e. The number of para-hydroxylation sites is 1. The molecule has 0 fully saturated rings. The number of rotatable bonds is 7. The van der Waals surface area contributed by atoms with E-state index >= 15 is 0 Å². The van der Waals surface area contributed by atoms with Crippen molar-refractivity contribution in [1.82, 2.24) is 0 Å². The molecule has 0 radical (unpaired) electrons. The molecule has 31 heavy (non-hydrogen) atoms. The molecule has 7 nitrogen and oxygen atoms in total. The Morgan fingerprint density at radius 3 is 2.03 bits per heavy atom. The quantitative estimate of drug-likeness (QED) is 0.367. The van der Waals surface area contributed by atoms with E-state index in [1.54, 1.807) is 58.0 Å². The monoisotopic (exact) mass is 427 g/mol. The molecule has 0 saturated heterocycles. The van der Waals surface area contributed by atoms with E-state index in [9.17, 15) is 14.4 Å². The first-order valence-corrected chi connectivity index (χ1v) is 10.2. The van der Waals surface area contributed by atoms with Gasteiger partial charge in [0.1, 0.15) is 5.60 Å². The lowest BCUT2D eigenvalue weighted by Gasteiger charge is -2.25. The molecule has 1 aliphatic rings. The number of nitrogens with zero attached hydrogens (tertiary/aromatic N) is 1. The van der Waals surface area contributed by atoms with Crippen molar-refractivity contribution < 1.29 is 28.6 Å². The average Bonchev–Trinajstić information content (AvgIpc) is 2.71. The SMILES string of the molecule is CCOC(=O)C1=CN(c2ccccc2C=CC(=O)OC(C)(C)C)C=C(C(=O)OCC)C1. The molecular formula is C24H29NO6. The van der Waals surface area contributed by atoms with E-state index in [1.807, 2.05) is 24.3 Å². The summed E-state index contributed by atoms with van der Waals surface area (Å²) in [6.45, 7) is 9.28. The van der Waals surface area contributed by atoms with E-state index in [4.69, 9.17) is 14.2 Å². The maximum Gasteiger partial charge on any atom is 0.335 e. The summed E-state index contributed by atoms with van der Waals surface area (Å²) in [5.74, 6) is -1.46.